The van der Waals surface area contributed by atoms with Crippen molar-refractivity contribution in [3.05, 3.63) is 23.1 Å². The van der Waals surface area contributed by atoms with Crippen molar-refractivity contribution in [2.45, 2.75) is 6.92 Å². The Balaban J connectivity index is 2.79. The van der Waals surface area contributed by atoms with E-state index >= 15 is 0 Å². The molecule has 0 saturated heterocycles. The Labute approximate surface area is 85.4 Å². The number of aromatic hydroxyl groups is 1. The molecule has 72 valence electrons. The highest BCUT2D eigenvalue weighted by atomic mass is 32.1. The lowest BCUT2D eigenvalue weighted by atomic mass is 9.76. The molecule has 0 aliphatic heterocycles. The minimum absolute atomic E-state index is 0.199. The zero-order chi connectivity index (χ0) is 10.3. The standard InChI is InChI=1S/C9H9BO3S/c1-5-6(10(12)13)2-3-8-9(5)7(11)4-14-8/h2-4,11-13H,1H3. The van der Waals surface area contributed by atoms with Gasteiger partial charge in [0.2, 0.25) is 0 Å². The molecule has 3 nitrogen and oxygen atoms in total. The summed E-state index contributed by atoms with van der Waals surface area (Å²) in [6, 6.07) is 3.44. The smallest absolute Gasteiger partial charge is 0.488 e. The summed E-state index contributed by atoms with van der Waals surface area (Å²) in [5, 5.41) is 30.0. The lowest BCUT2D eigenvalue weighted by molar-refractivity contribution is 0.425. The minimum Gasteiger partial charge on any atom is -0.506 e. The molecule has 1 aromatic carbocycles. The maximum absolute atomic E-state index is 9.55. The van der Waals surface area contributed by atoms with Crippen LogP contribution >= 0.6 is 11.3 Å². The van der Waals surface area contributed by atoms with Crippen LogP contribution in [-0.4, -0.2) is 22.3 Å². The van der Waals surface area contributed by atoms with Crippen molar-refractivity contribution < 1.29 is 15.2 Å². The monoisotopic (exact) mass is 208 g/mol. The van der Waals surface area contributed by atoms with Crippen molar-refractivity contribution in [1.82, 2.24) is 0 Å². The Morgan fingerprint density at radius 2 is 2.00 bits per heavy atom. The van der Waals surface area contributed by atoms with E-state index in [1.54, 1.807) is 24.4 Å². The molecule has 0 aliphatic rings. The number of rotatable bonds is 1. The Hall–Kier alpha value is -1.04. The number of hydrogen-bond donors (Lipinski definition) is 3. The van der Waals surface area contributed by atoms with Crippen LogP contribution in [0.5, 0.6) is 5.75 Å². The van der Waals surface area contributed by atoms with E-state index in [2.05, 4.69) is 0 Å². The molecule has 0 saturated carbocycles. The van der Waals surface area contributed by atoms with E-state index in [0.717, 1.165) is 10.3 Å². The van der Waals surface area contributed by atoms with Crippen LogP contribution in [0.2, 0.25) is 0 Å². The van der Waals surface area contributed by atoms with Crippen LogP contribution in [0.25, 0.3) is 10.1 Å². The van der Waals surface area contributed by atoms with E-state index in [1.165, 1.54) is 11.3 Å². The fourth-order valence-corrected chi connectivity index (χ4v) is 2.46. The summed E-state index contributed by atoms with van der Waals surface area (Å²) in [5.74, 6) is 0.199. The maximum atomic E-state index is 9.55. The number of benzene rings is 1. The molecule has 0 spiro atoms. The van der Waals surface area contributed by atoms with Crippen molar-refractivity contribution in [2.75, 3.05) is 0 Å². The summed E-state index contributed by atoms with van der Waals surface area (Å²) in [7, 11) is -1.49. The van der Waals surface area contributed by atoms with E-state index in [1.807, 2.05) is 0 Å². The first kappa shape index (κ1) is 9.52. The van der Waals surface area contributed by atoms with Crippen LogP contribution in [0.1, 0.15) is 5.56 Å². The van der Waals surface area contributed by atoms with Gasteiger partial charge < -0.3 is 15.2 Å². The second-order valence-corrected chi connectivity index (χ2v) is 4.06. The summed E-state index contributed by atoms with van der Waals surface area (Å²) in [6.07, 6.45) is 0. The molecular weight excluding hydrogens is 199 g/mol. The van der Waals surface area contributed by atoms with Gasteiger partial charge in [0.15, 0.2) is 0 Å². The quantitative estimate of drug-likeness (QED) is 0.601. The van der Waals surface area contributed by atoms with Crippen molar-refractivity contribution in [1.29, 1.82) is 0 Å². The minimum atomic E-state index is -1.49. The lowest BCUT2D eigenvalue weighted by Gasteiger charge is -2.05. The Morgan fingerprint density at radius 1 is 1.29 bits per heavy atom. The first-order valence-corrected chi connectivity index (χ1v) is 5.05. The zero-order valence-corrected chi connectivity index (χ0v) is 8.38. The molecule has 0 aliphatic carbocycles. The highest BCUT2D eigenvalue weighted by Crippen LogP contribution is 2.32. The van der Waals surface area contributed by atoms with Gasteiger partial charge in [0.05, 0.1) is 0 Å². The highest BCUT2D eigenvalue weighted by Gasteiger charge is 2.17. The molecule has 5 heteroatoms. The molecule has 2 rings (SSSR count). The van der Waals surface area contributed by atoms with Gasteiger partial charge in [-0.3, -0.25) is 0 Å². The molecule has 1 heterocycles. The summed E-state index contributed by atoms with van der Waals surface area (Å²) in [4.78, 5) is 0. The van der Waals surface area contributed by atoms with E-state index in [-0.39, 0.29) is 5.75 Å². The number of hydrogen-bond acceptors (Lipinski definition) is 4. The molecule has 1 aromatic heterocycles. The van der Waals surface area contributed by atoms with Gasteiger partial charge in [-0.05, 0) is 24.0 Å². The third-order valence-electron chi connectivity index (χ3n) is 2.30. The molecule has 3 N–H and O–H groups in total. The summed E-state index contributed by atoms with van der Waals surface area (Å²) >= 11 is 1.44. The third kappa shape index (κ3) is 1.30. The Morgan fingerprint density at radius 3 is 2.64 bits per heavy atom. The van der Waals surface area contributed by atoms with Gasteiger partial charge in [0, 0.05) is 15.5 Å². The predicted molar refractivity (Wildman–Crippen MR) is 58.1 cm³/mol. The third-order valence-corrected chi connectivity index (χ3v) is 3.24. The van der Waals surface area contributed by atoms with E-state index in [4.69, 9.17) is 10.0 Å². The van der Waals surface area contributed by atoms with Gasteiger partial charge in [-0.15, -0.1) is 11.3 Å². The van der Waals surface area contributed by atoms with Crippen LogP contribution in [-0.2, 0) is 0 Å². The van der Waals surface area contributed by atoms with Crippen LogP contribution < -0.4 is 5.46 Å². The normalized spacial score (nSPS) is 10.8. The van der Waals surface area contributed by atoms with Crippen molar-refractivity contribution in [3.8, 4) is 5.75 Å². The van der Waals surface area contributed by atoms with E-state index in [0.29, 0.717) is 10.8 Å². The largest absolute Gasteiger partial charge is 0.506 e. The lowest BCUT2D eigenvalue weighted by Crippen LogP contribution is -2.31. The fraction of sp³-hybridized carbons (Fsp3) is 0.111. The number of thiophene rings is 1. The van der Waals surface area contributed by atoms with Crippen LogP contribution in [0.15, 0.2) is 17.5 Å². The van der Waals surface area contributed by atoms with Gasteiger partial charge in [-0.25, -0.2) is 0 Å². The SMILES string of the molecule is Cc1c(B(O)O)ccc2scc(O)c12. The molecular formula is C9H9BO3S. The fourth-order valence-electron chi connectivity index (χ4n) is 1.58. The molecule has 14 heavy (non-hydrogen) atoms. The number of aryl methyl sites for hydroxylation is 1. The first-order chi connectivity index (χ1) is 6.61. The van der Waals surface area contributed by atoms with Gasteiger partial charge in [0.1, 0.15) is 5.75 Å². The topological polar surface area (TPSA) is 60.7 Å². The predicted octanol–water partition coefficient (Wildman–Crippen LogP) is 0.595. The summed E-state index contributed by atoms with van der Waals surface area (Å²) in [5.41, 5.74) is 1.16. The average molecular weight is 208 g/mol. The molecule has 0 atom stereocenters. The first-order valence-electron chi connectivity index (χ1n) is 4.17. The van der Waals surface area contributed by atoms with E-state index in [9.17, 15) is 5.11 Å². The number of fused-ring (bicyclic) bond motifs is 1. The maximum Gasteiger partial charge on any atom is 0.488 e. The summed E-state index contributed by atoms with van der Waals surface area (Å²) < 4.78 is 0.949. The Bertz CT molecular complexity index is 478. The molecule has 0 bridgehead atoms. The van der Waals surface area contributed by atoms with Crippen LogP contribution in [0.4, 0.5) is 0 Å². The van der Waals surface area contributed by atoms with Crippen molar-refractivity contribution in [2.24, 2.45) is 0 Å². The molecule has 0 radical (unpaired) electrons. The van der Waals surface area contributed by atoms with Gasteiger partial charge >= 0.3 is 7.12 Å². The van der Waals surface area contributed by atoms with Crippen molar-refractivity contribution >= 4 is 34.0 Å². The van der Waals surface area contributed by atoms with Crippen molar-refractivity contribution in [3.63, 3.8) is 0 Å². The van der Waals surface area contributed by atoms with Gasteiger partial charge in [-0.2, -0.15) is 0 Å². The zero-order valence-electron chi connectivity index (χ0n) is 7.56. The van der Waals surface area contributed by atoms with Crippen LogP contribution in [0.3, 0.4) is 0 Å². The average Bonchev–Trinajstić information content (AvgIpc) is 2.48. The van der Waals surface area contributed by atoms with E-state index < -0.39 is 7.12 Å². The highest BCUT2D eigenvalue weighted by molar-refractivity contribution is 7.17. The van der Waals surface area contributed by atoms with Gasteiger partial charge in [0.25, 0.3) is 0 Å². The second-order valence-electron chi connectivity index (χ2n) is 3.15. The molecule has 0 fully saturated rings. The van der Waals surface area contributed by atoms with Gasteiger partial charge in [-0.1, -0.05) is 6.07 Å². The molecule has 0 unspecified atom stereocenters. The second kappa shape index (κ2) is 3.27. The summed E-state index contributed by atoms with van der Waals surface area (Å²) in [6.45, 7) is 1.77. The molecule has 0 amide bonds. The molecule has 2 aromatic rings. The van der Waals surface area contributed by atoms with Crippen LogP contribution in [0, 0.1) is 6.92 Å². The Kier molecular flexibility index (Phi) is 2.22.